The number of H-pyrrole nitrogens is 1. The molecule has 1 fully saturated rings. The quantitative estimate of drug-likeness (QED) is 0.745. The lowest BCUT2D eigenvalue weighted by Crippen LogP contribution is -2.38. The van der Waals surface area contributed by atoms with Gasteiger partial charge in [0.25, 0.3) is 5.91 Å². The molecule has 7 heteroatoms. The topological polar surface area (TPSA) is 67.5 Å². The average molecular weight is 383 g/mol. The van der Waals surface area contributed by atoms with Crippen molar-refractivity contribution < 1.29 is 18.7 Å². The predicted octanol–water partition coefficient (Wildman–Crippen LogP) is 3.74. The Morgan fingerprint density at radius 2 is 1.93 bits per heavy atom. The zero-order chi connectivity index (χ0) is 19.7. The Labute approximate surface area is 162 Å². The van der Waals surface area contributed by atoms with Crippen molar-refractivity contribution in [3.8, 4) is 11.5 Å². The molecule has 3 aromatic rings. The highest BCUT2D eigenvalue weighted by Gasteiger charge is 2.28. The molecule has 1 aliphatic rings. The second-order valence-electron chi connectivity index (χ2n) is 6.90. The minimum atomic E-state index is -0.281. The third-order valence-electron chi connectivity index (χ3n) is 5.40. The summed E-state index contributed by atoms with van der Waals surface area (Å²) in [5, 5.41) is 0.824. The summed E-state index contributed by atoms with van der Waals surface area (Å²) in [5.74, 6) is 0.840. The Morgan fingerprint density at radius 3 is 2.64 bits per heavy atom. The molecule has 0 unspecified atom stereocenters. The van der Waals surface area contributed by atoms with E-state index < -0.39 is 0 Å². The number of likely N-dealkylation sites (tertiary alicyclic amines) is 1. The van der Waals surface area contributed by atoms with E-state index in [1.165, 1.54) is 6.20 Å². The summed E-state index contributed by atoms with van der Waals surface area (Å²) in [6, 6.07) is 7.02. The van der Waals surface area contributed by atoms with E-state index in [2.05, 4.69) is 9.97 Å². The van der Waals surface area contributed by atoms with Gasteiger partial charge in [-0.3, -0.25) is 4.79 Å². The molecule has 1 aliphatic heterocycles. The Kier molecular flexibility index (Phi) is 4.90. The second-order valence-corrected chi connectivity index (χ2v) is 6.90. The molecular weight excluding hydrogens is 361 g/mol. The van der Waals surface area contributed by atoms with Gasteiger partial charge in [0, 0.05) is 35.8 Å². The summed E-state index contributed by atoms with van der Waals surface area (Å²) >= 11 is 0. The number of carbonyl (C=O) groups excluding carboxylic acids is 1. The fourth-order valence-electron chi connectivity index (χ4n) is 3.94. The Hall–Kier alpha value is -3.09. The molecule has 4 rings (SSSR count). The standard InChI is InChI=1S/C21H22FN3O3/c1-27-17-4-3-14(11-18(17)28-2)21(26)25-9-6-13(7-10-25)19-15-5-8-23-20(15)24-12-16(19)22/h3-5,8,11-13H,6-7,9-10H2,1-2H3,(H,23,24). The monoisotopic (exact) mass is 383 g/mol. The van der Waals surface area contributed by atoms with E-state index in [9.17, 15) is 9.18 Å². The Morgan fingerprint density at radius 1 is 1.18 bits per heavy atom. The Balaban J connectivity index is 1.50. The number of hydrogen-bond acceptors (Lipinski definition) is 4. The van der Waals surface area contributed by atoms with Crippen LogP contribution in [-0.2, 0) is 0 Å². The molecule has 146 valence electrons. The number of rotatable bonds is 4. The van der Waals surface area contributed by atoms with Crippen LogP contribution in [0.1, 0.15) is 34.7 Å². The first-order valence-electron chi connectivity index (χ1n) is 9.25. The number of carbonyl (C=O) groups is 1. The van der Waals surface area contributed by atoms with E-state index >= 15 is 0 Å². The summed E-state index contributed by atoms with van der Waals surface area (Å²) in [5.41, 5.74) is 1.95. The molecule has 0 spiro atoms. The third-order valence-corrected chi connectivity index (χ3v) is 5.40. The van der Waals surface area contributed by atoms with Gasteiger partial charge < -0.3 is 19.4 Å². The van der Waals surface area contributed by atoms with Crippen molar-refractivity contribution in [2.45, 2.75) is 18.8 Å². The molecule has 2 aromatic heterocycles. The fourth-order valence-corrected chi connectivity index (χ4v) is 3.94. The van der Waals surface area contributed by atoms with Crippen molar-refractivity contribution in [3.05, 3.63) is 53.6 Å². The van der Waals surface area contributed by atoms with Gasteiger partial charge in [0.2, 0.25) is 0 Å². The minimum Gasteiger partial charge on any atom is -0.493 e. The molecule has 0 radical (unpaired) electrons. The molecule has 1 saturated heterocycles. The number of methoxy groups -OCH3 is 2. The number of amides is 1. The first kappa shape index (κ1) is 18.3. The number of aromatic amines is 1. The number of aromatic nitrogens is 2. The normalized spacial score (nSPS) is 15.0. The van der Waals surface area contributed by atoms with Crippen molar-refractivity contribution in [2.75, 3.05) is 27.3 Å². The van der Waals surface area contributed by atoms with Crippen molar-refractivity contribution in [2.24, 2.45) is 0 Å². The zero-order valence-electron chi connectivity index (χ0n) is 15.9. The van der Waals surface area contributed by atoms with Gasteiger partial charge in [-0.15, -0.1) is 0 Å². The van der Waals surface area contributed by atoms with Gasteiger partial charge in [-0.1, -0.05) is 0 Å². The number of ether oxygens (including phenoxy) is 2. The average Bonchev–Trinajstić information content (AvgIpc) is 3.21. The SMILES string of the molecule is COc1ccc(C(=O)N2CCC(c3c(F)cnc4[nH]ccc34)CC2)cc1OC. The molecule has 0 atom stereocenters. The van der Waals surface area contributed by atoms with Gasteiger partial charge >= 0.3 is 0 Å². The van der Waals surface area contributed by atoms with Gasteiger partial charge in [0.15, 0.2) is 11.5 Å². The molecule has 0 aliphatic carbocycles. The number of nitrogens with one attached hydrogen (secondary N) is 1. The van der Waals surface area contributed by atoms with E-state index in [4.69, 9.17) is 9.47 Å². The van der Waals surface area contributed by atoms with Crippen molar-refractivity contribution >= 4 is 16.9 Å². The lowest BCUT2D eigenvalue weighted by molar-refractivity contribution is 0.0712. The van der Waals surface area contributed by atoms with Crippen molar-refractivity contribution in [1.29, 1.82) is 0 Å². The number of piperidine rings is 1. The van der Waals surface area contributed by atoms with Crippen LogP contribution in [0, 0.1) is 5.82 Å². The van der Waals surface area contributed by atoms with Crippen LogP contribution in [0.2, 0.25) is 0 Å². The molecule has 3 heterocycles. The maximum absolute atomic E-state index is 14.5. The molecule has 1 aromatic carbocycles. The third kappa shape index (κ3) is 3.17. The van der Waals surface area contributed by atoms with E-state index in [1.807, 2.05) is 11.0 Å². The fraction of sp³-hybridized carbons (Fsp3) is 0.333. The summed E-state index contributed by atoms with van der Waals surface area (Å²) in [4.78, 5) is 21.8. The first-order chi connectivity index (χ1) is 13.6. The van der Waals surface area contributed by atoms with Crippen LogP contribution >= 0.6 is 0 Å². The largest absolute Gasteiger partial charge is 0.493 e. The highest BCUT2D eigenvalue weighted by atomic mass is 19.1. The molecule has 1 amide bonds. The number of pyridine rings is 1. The molecule has 6 nitrogen and oxygen atoms in total. The highest BCUT2D eigenvalue weighted by molar-refractivity contribution is 5.95. The summed E-state index contributed by atoms with van der Waals surface area (Å²) < 4.78 is 25.0. The van der Waals surface area contributed by atoms with Crippen LogP contribution in [0.5, 0.6) is 11.5 Å². The van der Waals surface area contributed by atoms with Crippen molar-refractivity contribution in [1.82, 2.24) is 14.9 Å². The van der Waals surface area contributed by atoms with Gasteiger partial charge in [-0.05, 0) is 43.0 Å². The number of nitrogens with zero attached hydrogens (tertiary/aromatic N) is 2. The lowest BCUT2D eigenvalue weighted by atomic mass is 9.87. The van der Waals surface area contributed by atoms with Gasteiger partial charge in [-0.2, -0.15) is 0 Å². The van der Waals surface area contributed by atoms with Gasteiger partial charge in [0.1, 0.15) is 11.5 Å². The highest BCUT2D eigenvalue weighted by Crippen LogP contribution is 2.35. The van der Waals surface area contributed by atoms with E-state index in [-0.39, 0.29) is 17.6 Å². The summed E-state index contributed by atoms with van der Waals surface area (Å²) in [6.45, 7) is 1.15. The Bertz CT molecular complexity index is 1010. The number of fused-ring (bicyclic) bond motifs is 1. The molecule has 0 saturated carbocycles. The first-order valence-corrected chi connectivity index (χ1v) is 9.25. The van der Waals surface area contributed by atoms with Crippen LogP contribution in [0.25, 0.3) is 11.0 Å². The van der Waals surface area contributed by atoms with Crippen LogP contribution in [0.3, 0.4) is 0 Å². The van der Waals surface area contributed by atoms with Gasteiger partial charge in [0.05, 0.1) is 20.4 Å². The molecule has 0 bridgehead atoms. The molecular formula is C21H22FN3O3. The zero-order valence-corrected chi connectivity index (χ0v) is 15.9. The minimum absolute atomic E-state index is 0.0543. The summed E-state index contributed by atoms with van der Waals surface area (Å²) in [7, 11) is 3.10. The lowest BCUT2D eigenvalue weighted by Gasteiger charge is -2.32. The van der Waals surface area contributed by atoms with Crippen LogP contribution < -0.4 is 9.47 Å². The second kappa shape index (κ2) is 7.50. The van der Waals surface area contributed by atoms with E-state index in [0.29, 0.717) is 54.2 Å². The smallest absolute Gasteiger partial charge is 0.253 e. The predicted molar refractivity (Wildman–Crippen MR) is 103 cm³/mol. The van der Waals surface area contributed by atoms with Crippen LogP contribution in [-0.4, -0.2) is 48.1 Å². The van der Waals surface area contributed by atoms with Crippen LogP contribution in [0.15, 0.2) is 36.7 Å². The maximum atomic E-state index is 14.5. The van der Waals surface area contributed by atoms with Crippen molar-refractivity contribution in [3.63, 3.8) is 0 Å². The maximum Gasteiger partial charge on any atom is 0.253 e. The van der Waals surface area contributed by atoms with Gasteiger partial charge in [-0.25, -0.2) is 9.37 Å². The number of halogens is 1. The number of hydrogen-bond donors (Lipinski definition) is 1. The van der Waals surface area contributed by atoms with Crippen LogP contribution in [0.4, 0.5) is 4.39 Å². The summed E-state index contributed by atoms with van der Waals surface area (Å²) in [6.07, 6.45) is 4.46. The van der Waals surface area contributed by atoms with E-state index in [1.54, 1.807) is 38.6 Å². The molecule has 1 N–H and O–H groups in total. The van der Waals surface area contributed by atoms with E-state index in [0.717, 1.165) is 5.39 Å². The molecule has 28 heavy (non-hydrogen) atoms. The number of benzene rings is 1.